The molecule has 1 aromatic carbocycles. The molecule has 0 radical (unpaired) electrons. The molecular formula is C16H23NO4. The molecule has 0 unspecified atom stereocenters. The SMILES string of the molecule is CCOc1cc(CCCC(=O)O)ccc1NC(=O)C(C)C. The molecule has 21 heavy (non-hydrogen) atoms. The Morgan fingerprint density at radius 2 is 2.05 bits per heavy atom. The monoisotopic (exact) mass is 293 g/mol. The van der Waals surface area contributed by atoms with E-state index in [1.54, 1.807) is 6.07 Å². The summed E-state index contributed by atoms with van der Waals surface area (Å²) >= 11 is 0. The minimum absolute atomic E-state index is 0.0606. The zero-order chi connectivity index (χ0) is 15.8. The molecule has 0 bridgehead atoms. The predicted octanol–water partition coefficient (Wildman–Crippen LogP) is 3.09. The Morgan fingerprint density at radius 3 is 2.62 bits per heavy atom. The van der Waals surface area contributed by atoms with Gasteiger partial charge in [0.25, 0.3) is 0 Å². The average molecular weight is 293 g/mol. The van der Waals surface area contributed by atoms with E-state index in [4.69, 9.17) is 9.84 Å². The number of hydrogen-bond donors (Lipinski definition) is 2. The third kappa shape index (κ3) is 5.85. The molecule has 5 heteroatoms. The standard InChI is InChI=1S/C16H23NO4/c1-4-21-14-10-12(6-5-7-15(18)19)8-9-13(14)17-16(20)11(2)3/h8-11H,4-7H2,1-3H3,(H,17,20)(H,18,19). The lowest BCUT2D eigenvalue weighted by atomic mass is 10.1. The summed E-state index contributed by atoms with van der Waals surface area (Å²) in [5.41, 5.74) is 1.65. The van der Waals surface area contributed by atoms with Gasteiger partial charge in [0, 0.05) is 12.3 Å². The second-order valence-electron chi connectivity index (χ2n) is 5.15. The number of carbonyl (C=O) groups excluding carboxylic acids is 1. The summed E-state index contributed by atoms with van der Waals surface area (Å²) in [7, 11) is 0. The van der Waals surface area contributed by atoms with Crippen LogP contribution >= 0.6 is 0 Å². The van der Waals surface area contributed by atoms with Crippen molar-refractivity contribution in [1.29, 1.82) is 0 Å². The number of anilines is 1. The maximum Gasteiger partial charge on any atom is 0.303 e. The highest BCUT2D eigenvalue weighted by Crippen LogP contribution is 2.27. The van der Waals surface area contributed by atoms with Crippen molar-refractivity contribution in [3.8, 4) is 5.75 Å². The Bertz CT molecular complexity index is 497. The minimum Gasteiger partial charge on any atom is -0.492 e. The summed E-state index contributed by atoms with van der Waals surface area (Å²) in [6, 6.07) is 5.56. The van der Waals surface area contributed by atoms with E-state index in [0.29, 0.717) is 30.9 Å². The molecule has 0 aliphatic carbocycles. The third-order valence-corrected chi connectivity index (χ3v) is 2.98. The Balaban J connectivity index is 2.80. The highest BCUT2D eigenvalue weighted by molar-refractivity contribution is 5.93. The van der Waals surface area contributed by atoms with Crippen molar-refractivity contribution < 1.29 is 19.4 Å². The third-order valence-electron chi connectivity index (χ3n) is 2.98. The van der Waals surface area contributed by atoms with E-state index in [-0.39, 0.29) is 18.2 Å². The number of carboxylic acid groups (broad SMARTS) is 1. The molecule has 0 atom stereocenters. The number of rotatable bonds is 8. The van der Waals surface area contributed by atoms with Crippen molar-refractivity contribution in [3.63, 3.8) is 0 Å². The summed E-state index contributed by atoms with van der Waals surface area (Å²) < 4.78 is 5.55. The smallest absolute Gasteiger partial charge is 0.303 e. The number of ether oxygens (including phenoxy) is 1. The number of carboxylic acids is 1. The number of amides is 1. The van der Waals surface area contributed by atoms with Crippen molar-refractivity contribution in [2.45, 2.75) is 40.0 Å². The predicted molar refractivity (Wildman–Crippen MR) is 81.7 cm³/mol. The van der Waals surface area contributed by atoms with Crippen molar-refractivity contribution >= 4 is 17.6 Å². The highest BCUT2D eigenvalue weighted by Gasteiger charge is 2.11. The number of hydrogen-bond acceptors (Lipinski definition) is 3. The number of carbonyl (C=O) groups is 2. The molecule has 1 amide bonds. The van der Waals surface area contributed by atoms with Gasteiger partial charge in [-0.2, -0.15) is 0 Å². The van der Waals surface area contributed by atoms with Crippen molar-refractivity contribution in [2.24, 2.45) is 5.92 Å². The van der Waals surface area contributed by atoms with Crippen LogP contribution in [0.2, 0.25) is 0 Å². The molecule has 0 saturated heterocycles. The van der Waals surface area contributed by atoms with Gasteiger partial charge in [0.1, 0.15) is 5.75 Å². The summed E-state index contributed by atoms with van der Waals surface area (Å²) in [5, 5.41) is 11.5. The Hall–Kier alpha value is -2.04. The lowest BCUT2D eigenvalue weighted by molar-refractivity contribution is -0.137. The van der Waals surface area contributed by atoms with Gasteiger partial charge in [0.05, 0.1) is 12.3 Å². The fourth-order valence-corrected chi connectivity index (χ4v) is 1.82. The van der Waals surface area contributed by atoms with Gasteiger partial charge in [-0.1, -0.05) is 19.9 Å². The molecule has 5 nitrogen and oxygen atoms in total. The van der Waals surface area contributed by atoms with Crippen LogP contribution < -0.4 is 10.1 Å². The summed E-state index contributed by atoms with van der Waals surface area (Å²) in [6.07, 6.45) is 1.40. The van der Waals surface area contributed by atoms with Gasteiger partial charge in [0.15, 0.2) is 0 Å². The van der Waals surface area contributed by atoms with Gasteiger partial charge < -0.3 is 15.2 Å². The quantitative estimate of drug-likeness (QED) is 0.772. The second-order valence-corrected chi connectivity index (χ2v) is 5.15. The largest absolute Gasteiger partial charge is 0.492 e. The van der Waals surface area contributed by atoms with Crippen LogP contribution in [-0.4, -0.2) is 23.6 Å². The van der Waals surface area contributed by atoms with Crippen LogP contribution in [0.5, 0.6) is 5.75 Å². The number of benzene rings is 1. The normalized spacial score (nSPS) is 10.5. The van der Waals surface area contributed by atoms with Crippen LogP contribution in [0, 0.1) is 5.92 Å². The van der Waals surface area contributed by atoms with Crippen molar-refractivity contribution in [1.82, 2.24) is 0 Å². The zero-order valence-electron chi connectivity index (χ0n) is 12.8. The van der Waals surface area contributed by atoms with Gasteiger partial charge in [-0.05, 0) is 37.5 Å². The van der Waals surface area contributed by atoms with Crippen LogP contribution in [0.25, 0.3) is 0 Å². The molecule has 0 heterocycles. The van der Waals surface area contributed by atoms with E-state index in [9.17, 15) is 9.59 Å². The molecule has 0 aromatic heterocycles. The molecule has 0 aliphatic heterocycles. The zero-order valence-corrected chi connectivity index (χ0v) is 12.8. The number of aryl methyl sites for hydroxylation is 1. The van der Waals surface area contributed by atoms with Gasteiger partial charge in [-0.15, -0.1) is 0 Å². The first-order valence-electron chi connectivity index (χ1n) is 7.22. The van der Waals surface area contributed by atoms with Gasteiger partial charge >= 0.3 is 5.97 Å². The van der Waals surface area contributed by atoms with Gasteiger partial charge in [-0.25, -0.2) is 0 Å². The Labute approximate surface area is 125 Å². The molecule has 116 valence electrons. The fourth-order valence-electron chi connectivity index (χ4n) is 1.82. The van der Waals surface area contributed by atoms with E-state index in [2.05, 4.69) is 5.32 Å². The lowest BCUT2D eigenvalue weighted by Crippen LogP contribution is -2.18. The minimum atomic E-state index is -0.791. The van der Waals surface area contributed by atoms with Crippen LogP contribution in [0.15, 0.2) is 18.2 Å². The van der Waals surface area contributed by atoms with Crippen LogP contribution in [0.3, 0.4) is 0 Å². The maximum atomic E-state index is 11.8. The summed E-state index contributed by atoms with van der Waals surface area (Å²) in [4.78, 5) is 22.3. The second kappa shape index (κ2) is 8.29. The first kappa shape index (κ1) is 17.0. The Kier molecular flexibility index (Phi) is 6.72. The van der Waals surface area contributed by atoms with E-state index >= 15 is 0 Å². The van der Waals surface area contributed by atoms with Crippen LogP contribution in [0.4, 0.5) is 5.69 Å². The summed E-state index contributed by atoms with van der Waals surface area (Å²) in [5.74, 6) is -0.329. The van der Waals surface area contributed by atoms with E-state index in [1.807, 2.05) is 32.9 Å². The van der Waals surface area contributed by atoms with E-state index in [0.717, 1.165) is 5.56 Å². The summed E-state index contributed by atoms with van der Waals surface area (Å²) in [6.45, 7) is 6.04. The molecule has 0 fully saturated rings. The average Bonchev–Trinajstić information content (AvgIpc) is 2.41. The number of aliphatic carboxylic acids is 1. The molecule has 1 aromatic rings. The molecule has 0 saturated carbocycles. The van der Waals surface area contributed by atoms with Crippen molar-refractivity contribution in [3.05, 3.63) is 23.8 Å². The maximum absolute atomic E-state index is 11.8. The molecule has 0 spiro atoms. The fraction of sp³-hybridized carbons (Fsp3) is 0.500. The van der Waals surface area contributed by atoms with Crippen LogP contribution in [0.1, 0.15) is 39.2 Å². The molecule has 1 rings (SSSR count). The van der Waals surface area contributed by atoms with E-state index in [1.165, 1.54) is 0 Å². The van der Waals surface area contributed by atoms with E-state index < -0.39 is 5.97 Å². The van der Waals surface area contributed by atoms with Crippen LogP contribution in [-0.2, 0) is 16.0 Å². The first-order valence-corrected chi connectivity index (χ1v) is 7.22. The Morgan fingerprint density at radius 1 is 1.33 bits per heavy atom. The van der Waals surface area contributed by atoms with Gasteiger partial charge in [0.2, 0.25) is 5.91 Å². The lowest BCUT2D eigenvalue weighted by Gasteiger charge is -2.14. The van der Waals surface area contributed by atoms with Gasteiger partial charge in [-0.3, -0.25) is 9.59 Å². The topological polar surface area (TPSA) is 75.6 Å². The number of nitrogens with one attached hydrogen (secondary N) is 1. The first-order chi connectivity index (χ1) is 9.93. The molecular weight excluding hydrogens is 270 g/mol. The highest BCUT2D eigenvalue weighted by atomic mass is 16.5. The molecule has 0 aliphatic rings. The van der Waals surface area contributed by atoms with Crippen molar-refractivity contribution in [2.75, 3.05) is 11.9 Å². The molecule has 2 N–H and O–H groups in total.